The Kier molecular flexibility index (Phi) is 5.12. The van der Waals surface area contributed by atoms with Gasteiger partial charge < -0.3 is 0 Å². The molecule has 0 spiro atoms. The molecular weight excluding hydrogens is 286 g/mol. The Bertz CT molecular complexity index is 650. The van der Waals surface area contributed by atoms with Crippen molar-refractivity contribution < 1.29 is 9.59 Å². The van der Waals surface area contributed by atoms with E-state index in [2.05, 4.69) is 5.32 Å². The van der Waals surface area contributed by atoms with E-state index in [0.29, 0.717) is 17.0 Å². The first kappa shape index (κ1) is 15.3. The molecule has 2 amide bonds. The van der Waals surface area contributed by atoms with E-state index >= 15 is 0 Å². The lowest BCUT2D eigenvalue weighted by Gasteiger charge is -2.09. The summed E-state index contributed by atoms with van der Waals surface area (Å²) in [5.74, 6) is -0.632. The fraction of sp³-hybridized carbons (Fsp3) is 0.176. The lowest BCUT2D eigenvalue weighted by Crippen LogP contribution is -2.30. The van der Waals surface area contributed by atoms with Crippen LogP contribution < -0.4 is 5.32 Å². The van der Waals surface area contributed by atoms with Gasteiger partial charge in [-0.1, -0.05) is 48.9 Å². The molecule has 0 saturated carbocycles. The third-order valence-corrected chi connectivity index (χ3v) is 3.40. The highest BCUT2D eigenvalue weighted by atomic mass is 35.5. The SMILES string of the molecule is CCC(=O)NC(=O)c1ccccc1Cc1ccc(Cl)cc1. The van der Waals surface area contributed by atoms with Crippen molar-refractivity contribution in [3.05, 3.63) is 70.2 Å². The second kappa shape index (κ2) is 7.04. The lowest BCUT2D eigenvalue weighted by atomic mass is 9.99. The van der Waals surface area contributed by atoms with Gasteiger partial charge in [-0.05, 0) is 35.7 Å². The number of benzene rings is 2. The number of nitrogens with one attached hydrogen (secondary N) is 1. The van der Waals surface area contributed by atoms with Gasteiger partial charge in [-0.15, -0.1) is 0 Å². The molecular formula is C17H16ClNO2. The summed E-state index contributed by atoms with van der Waals surface area (Å²) >= 11 is 5.87. The Morgan fingerprint density at radius 3 is 2.38 bits per heavy atom. The smallest absolute Gasteiger partial charge is 0.258 e. The first-order chi connectivity index (χ1) is 10.1. The average molecular weight is 302 g/mol. The zero-order valence-corrected chi connectivity index (χ0v) is 12.5. The summed E-state index contributed by atoms with van der Waals surface area (Å²) in [6, 6.07) is 14.8. The summed E-state index contributed by atoms with van der Waals surface area (Å²) in [7, 11) is 0. The Labute approximate surface area is 128 Å². The molecule has 0 aliphatic carbocycles. The number of hydrogen-bond donors (Lipinski definition) is 1. The molecule has 108 valence electrons. The van der Waals surface area contributed by atoms with Crippen LogP contribution in [0.3, 0.4) is 0 Å². The summed E-state index contributed by atoms with van der Waals surface area (Å²) in [5, 5.41) is 3.06. The third kappa shape index (κ3) is 4.17. The quantitative estimate of drug-likeness (QED) is 0.938. The molecule has 1 N–H and O–H groups in total. The monoisotopic (exact) mass is 301 g/mol. The van der Waals surface area contributed by atoms with Crippen LogP contribution in [-0.2, 0) is 11.2 Å². The van der Waals surface area contributed by atoms with Crippen molar-refractivity contribution in [3.8, 4) is 0 Å². The van der Waals surface area contributed by atoms with Gasteiger partial charge in [-0.3, -0.25) is 14.9 Å². The summed E-state index contributed by atoms with van der Waals surface area (Å²) in [6.45, 7) is 1.71. The summed E-state index contributed by atoms with van der Waals surface area (Å²) < 4.78 is 0. The topological polar surface area (TPSA) is 46.2 Å². The highest BCUT2D eigenvalue weighted by molar-refractivity contribution is 6.30. The van der Waals surface area contributed by atoms with Crippen LogP contribution >= 0.6 is 11.6 Å². The molecule has 2 aromatic rings. The molecule has 4 heteroatoms. The van der Waals surface area contributed by atoms with Gasteiger partial charge in [-0.25, -0.2) is 0 Å². The molecule has 0 saturated heterocycles. The van der Waals surface area contributed by atoms with Crippen LogP contribution in [0.4, 0.5) is 0 Å². The van der Waals surface area contributed by atoms with Gasteiger partial charge in [0.25, 0.3) is 5.91 Å². The lowest BCUT2D eigenvalue weighted by molar-refractivity contribution is -0.119. The Balaban J connectivity index is 2.22. The minimum absolute atomic E-state index is 0.277. The van der Waals surface area contributed by atoms with Crippen molar-refractivity contribution in [1.29, 1.82) is 0 Å². The summed E-state index contributed by atoms with van der Waals surface area (Å²) in [5.41, 5.74) is 2.46. The number of hydrogen-bond acceptors (Lipinski definition) is 2. The predicted molar refractivity (Wildman–Crippen MR) is 83.5 cm³/mol. The molecule has 0 unspecified atom stereocenters. The van der Waals surface area contributed by atoms with Crippen LogP contribution in [0, 0.1) is 0 Å². The van der Waals surface area contributed by atoms with Crippen LogP contribution in [0.2, 0.25) is 5.02 Å². The van der Waals surface area contributed by atoms with Crippen molar-refractivity contribution in [1.82, 2.24) is 5.32 Å². The first-order valence-corrected chi connectivity index (χ1v) is 7.14. The van der Waals surface area contributed by atoms with Gasteiger partial charge in [0.05, 0.1) is 0 Å². The zero-order valence-electron chi connectivity index (χ0n) is 11.7. The molecule has 0 atom stereocenters. The van der Waals surface area contributed by atoms with Gasteiger partial charge in [0.15, 0.2) is 0 Å². The number of carbonyl (C=O) groups excluding carboxylic acids is 2. The summed E-state index contributed by atoms with van der Waals surface area (Å²) in [4.78, 5) is 23.5. The summed E-state index contributed by atoms with van der Waals surface area (Å²) in [6.07, 6.45) is 0.895. The molecule has 21 heavy (non-hydrogen) atoms. The molecule has 0 bridgehead atoms. The number of imide groups is 1. The highest BCUT2D eigenvalue weighted by Crippen LogP contribution is 2.16. The van der Waals surface area contributed by atoms with Crippen LogP contribution in [-0.4, -0.2) is 11.8 Å². The van der Waals surface area contributed by atoms with E-state index in [1.54, 1.807) is 19.1 Å². The van der Waals surface area contributed by atoms with E-state index in [0.717, 1.165) is 11.1 Å². The molecule has 0 aliphatic rings. The second-order valence-electron chi connectivity index (χ2n) is 4.69. The molecule has 3 nitrogen and oxygen atoms in total. The van der Waals surface area contributed by atoms with Crippen LogP contribution in [0.1, 0.15) is 34.8 Å². The number of amides is 2. The standard InChI is InChI=1S/C17H16ClNO2/c1-2-16(20)19-17(21)15-6-4-3-5-13(15)11-12-7-9-14(18)10-8-12/h3-10H,2,11H2,1H3,(H,19,20,21). The molecule has 0 aromatic heterocycles. The molecule has 0 fully saturated rings. The maximum atomic E-state index is 12.1. The van der Waals surface area contributed by atoms with Crippen molar-refractivity contribution in [2.75, 3.05) is 0 Å². The van der Waals surface area contributed by atoms with Gasteiger partial charge in [-0.2, -0.15) is 0 Å². The Morgan fingerprint density at radius 2 is 1.71 bits per heavy atom. The second-order valence-corrected chi connectivity index (χ2v) is 5.13. The van der Waals surface area contributed by atoms with Gasteiger partial charge in [0, 0.05) is 17.0 Å². The van der Waals surface area contributed by atoms with Crippen LogP contribution in [0.25, 0.3) is 0 Å². The minimum Gasteiger partial charge on any atom is -0.292 e. The number of carbonyl (C=O) groups is 2. The zero-order chi connectivity index (χ0) is 15.2. The van der Waals surface area contributed by atoms with E-state index in [1.807, 2.05) is 36.4 Å². The molecule has 0 radical (unpaired) electrons. The van der Waals surface area contributed by atoms with Crippen molar-refractivity contribution >= 4 is 23.4 Å². The van der Waals surface area contributed by atoms with Crippen LogP contribution in [0.5, 0.6) is 0 Å². The molecule has 2 rings (SSSR count). The van der Waals surface area contributed by atoms with Crippen molar-refractivity contribution in [2.24, 2.45) is 0 Å². The molecule has 0 heterocycles. The molecule has 2 aromatic carbocycles. The average Bonchev–Trinajstić information content (AvgIpc) is 2.50. The highest BCUT2D eigenvalue weighted by Gasteiger charge is 2.13. The van der Waals surface area contributed by atoms with Crippen molar-refractivity contribution in [2.45, 2.75) is 19.8 Å². The maximum absolute atomic E-state index is 12.1. The van der Waals surface area contributed by atoms with E-state index in [9.17, 15) is 9.59 Å². The predicted octanol–water partition coefficient (Wildman–Crippen LogP) is 3.60. The fourth-order valence-corrected chi connectivity index (χ4v) is 2.13. The molecule has 0 aliphatic heterocycles. The fourth-order valence-electron chi connectivity index (χ4n) is 2.00. The van der Waals surface area contributed by atoms with E-state index in [1.165, 1.54) is 0 Å². The van der Waals surface area contributed by atoms with E-state index in [4.69, 9.17) is 11.6 Å². The number of rotatable bonds is 4. The van der Waals surface area contributed by atoms with Crippen molar-refractivity contribution in [3.63, 3.8) is 0 Å². The third-order valence-electron chi connectivity index (χ3n) is 3.14. The Hall–Kier alpha value is -2.13. The van der Waals surface area contributed by atoms with E-state index < -0.39 is 0 Å². The number of halogens is 1. The first-order valence-electron chi connectivity index (χ1n) is 6.76. The largest absolute Gasteiger partial charge is 0.292 e. The Morgan fingerprint density at radius 1 is 1.05 bits per heavy atom. The van der Waals surface area contributed by atoms with Crippen LogP contribution in [0.15, 0.2) is 48.5 Å². The normalized spacial score (nSPS) is 10.2. The van der Waals surface area contributed by atoms with Gasteiger partial charge in [0.1, 0.15) is 0 Å². The maximum Gasteiger partial charge on any atom is 0.258 e. The van der Waals surface area contributed by atoms with Gasteiger partial charge >= 0.3 is 0 Å². The van der Waals surface area contributed by atoms with E-state index in [-0.39, 0.29) is 18.2 Å². The minimum atomic E-state index is -0.355. The van der Waals surface area contributed by atoms with Gasteiger partial charge in [0.2, 0.25) is 5.91 Å².